The molecule has 0 aliphatic carbocycles. The van der Waals surface area contributed by atoms with Crippen molar-refractivity contribution in [1.29, 1.82) is 5.26 Å². The molecule has 2 N–H and O–H groups in total. The Morgan fingerprint density at radius 1 is 1.16 bits per heavy atom. The molecule has 0 saturated carbocycles. The summed E-state index contributed by atoms with van der Waals surface area (Å²) in [6, 6.07) is 14.3. The Bertz CT molecular complexity index is 854. The fourth-order valence-corrected chi connectivity index (χ4v) is 2.55. The van der Waals surface area contributed by atoms with E-state index in [2.05, 4.69) is 10.6 Å². The molecule has 0 fully saturated rings. The van der Waals surface area contributed by atoms with Gasteiger partial charge >= 0.3 is 0 Å². The monoisotopic (exact) mass is 373 g/mol. The van der Waals surface area contributed by atoms with E-state index in [9.17, 15) is 10.1 Å². The van der Waals surface area contributed by atoms with E-state index in [1.54, 1.807) is 18.2 Å². The van der Waals surface area contributed by atoms with Gasteiger partial charge in [0.25, 0.3) is 5.91 Å². The summed E-state index contributed by atoms with van der Waals surface area (Å²) < 4.78 is 0. The van der Waals surface area contributed by atoms with Crippen LogP contribution in [0.5, 0.6) is 0 Å². The van der Waals surface area contributed by atoms with Crippen LogP contribution in [0.25, 0.3) is 0 Å². The SMILES string of the molecule is CC(C)c1ccccc1NC(=O)/C(C#N)=C\Nc1cc(Cl)ccc1Cl. The van der Waals surface area contributed by atoms with Crippen molar-refractivity contribution >= 4 is 40.5 Å². The van der Waals surface area contributed by atoms with E-state index in [1.165, 1.54) is 6.20 Å². The van der Waals surface area contributed by atoms with Crippen molar-refractivity contribution in [3.05, 3.63) is 69.8 Å². The molecule has 0 bridgehead atoms. The summed E-state index contributed by atoms with van der Waals surface area (Å²) >= 11 is 12.0. The zero-order chi connectivity index (χ0) is 18.4. The molecular formula is C19H17Cl2N3O. The van der Waals surface area contributed by atoms with Gasteiger partial charge in [0.1, 0.15) is 11.6 Å². The molecule has 0 spiro atoms. The van der Waals surface area contributed by atoms with Gasteiger partial charge in [-0.1, -0.05) is 55.2 Å². The Kier molecular flexibility index (Phi) is 6.46. The number of carbonyl (C=O) groups is 1. The van der Waals surface area contributed by atoms with E-state index in [0.29, 0.717) is 21.4 Å². The Morgan fingerprint density at radius 2 is 1.88 bits per heavy atom. The van der Waals surface area contributed by atoms with Crippen molar-refractivity contribution in [3.8, 4) is 6.07 Å². The van der Waals surface area contributed by atoms with Crippen LogP contribution in [0.15, 0.2) is 54.2 Å². The number of halogens is 2. The van der Waals surface area contributed by atoms with Crippen LogP contribution < -0.4 is 10.6 Å². The van der Waals surface area contributed by atoms with Crippen LogP contribution in [-0.4, -0.2) is 5.91 Å². The van der Waals surface area contributed by atoms with Crippen LogP contribution in [0.4, 0.5) is 11.4 Å². The third-order valence-corrected chi connectivity index (χ3v) is 4.06. The predicted molar refractivity (Wildman–Crippen MR) is 103 cm³/mol. The second kappa shape index (κ2) is 8.57. The van der Waals surface area contributed by atoms with Gasteiger partial charge in [-0.25, -0.2) is 0 Å². The number of hydrogen-bond acceptors (Lipinski definition) is 3. The minimum Gasteiger partial charge on any atom is -0.359 e. The first-order valence-electron chi connectivity index (χ1n) is 7.64. The molecule has 25 heavy (non-hydrogen) atoms. The lowest BCUT2D eigenvalue weighted by atomic mass is 10.0. The summed E-state index contributed by atoms with van der Waals surface area (Å²) in [4.78, 5) is 12.4. The van der Waals surface area contributed by atoms with E-state index >= 15 is 0 Å². The highest BCUT2D eigenvalue weighted by Crippen LogP contribution is 2.26. The van der Waals surface area contributed by atoms with Crippen molar-refractivity contribution in [2.24, 2.45) is 0 Å². The maximum Gasteiger partial charge on any atom is 0.267 e. The zero-order valence-corrected chi connectivity index (χ0v) is 15.3. The van der Waals surface area contributed by atoms with Gasteiger partial charge in [-0.3, -0.25) is 4.79 Å². The molecule has 0 heterocycles. The molecule has 2 aromatic carbocycles. The van der Waals surface area contributed by atoms with Crippen LogP contribution >= 0.6 is 23.2 Å². The third-order valence-electron chi connectivity index (χ3n) is 3.50. The first-order chi connectivity index (χ1) is 11.9. The van der Waals surface area contributed by atoms with Crippen molar-refractivity contribution in [2.75, 3.05) is 10.6 Å². The Hall–Kier alpha value is -2.48. The number of benzene rings is 2. The number of rotatable bonds is 5. The lowest BCUT2D eigenvalue weighted by Gasteiger charge is -2.13. The molecule has 6 heteroatoms. The van der Waals surface area contributed by atoms with Gasteiger partial charge in [0, 0.05) is 16.9 Å². The number of nitrogens with one attached hydrogen (secondary N) is 2. The summed E-state index contributed by atoms with van der Waals surface area (Å²) in [6.07, 6.45) is 1.31. The first-order valence-corrected chi connectivity index (χ1v) is 8.40. The lowest BCUT2D eigenvalue weighted by molar-refractivity contribution is -0.112. The molecule has 128 valence electrons. The summed E-state index contributed by atoms with van der Waals surface area (Å²) in [7, 11) is 0. The highest BCUT2D eigenvalue weighted by atomic mass is 35.5. The van der Waals surface area contributed by atoms with Gasteiger partial charge in [0.05, 0.1) is 10.7 Å². The number of nitriles is 1. The van der Waals surface area contributed by atoms with Crippen molar-refractivity contribution < 1.29 is 4.79 Å². The number of hydrogen-bond donors (Lipinski definition) is 2. The standard InChI is InChI=1S/C19H17Cl2N3O/c1-12(2)15-5-3-4-6-17(15)24-19(25)13(10-22)11-23-18-9-14(20)7-8-16(18)21/h3-9,11-12,23H,1-2H3,(H,24,25)/b13-11-. The highest BCUT2D eigenvalue weighted by molar-refractivity contribution is 6.35. The van der Waals surface area contributed by atoms with Gasteiger partial charge in [0.15, 0.2) is 0 Å². The van der Waals surface area contributed by atoms with Crippen molar-refractivity contribution in [1.82, 2.24) is 0 Å². The number of nitrogens with zero attached hydrogens (tertiary/aromatic N) is 1. The minimum absolute atomic E-state index is 0.0744. The molecule has 0 unspecified atom stereocenters. The maximum absolute atomic E-state index is 12.4. The van der Waals surface area contributed by atoms with E-state index < -0.39 is 5.91 Å². The van der Waals surface area contributed by atoms with Gasteiger partial charge in [-0.2, -0.15) is 5.26 Å². The topological polar surface area (TPSA) is 64.9 Å². The lowest BCUT2D eigenvalue weighted by Crippen LogP contribution is -2.16. The molecule has 0 aliphatic rings. The van der Waals surface area contributed by atoms with Gasteiger partial charge in [0.2, 0.25) is 0 Å². The van der Waals surface area contributed by atoms with E-state index in [0.717, 1.165) is 5.56 Å². The average molecular weight is 374 g/mol. The summed E-state index contributed by atoms with van der Waals surface area (Å²) in [5.41, 5.74) is 2.12. The number of anilines is 2. The molecule has 0 atom stereocenters. The number of carbonyl (C=O) groups excluding carboxylic acids is 1. The summed E-state index contributed by atoms with van der Waals surface area (Å²) in [6.45, 7) is 4.07. The highest BCUT2D eigenvalue weighted by Gasteiger charge is 2.13. The smallest absolute Gasteiger partial charge is 0.267 e. The quantitative estimate of drug-likeness (QED) is 0.531. The molecule has 0 aliphatic heterocycles. The van der Waals surface area contributed by atoms with Crippen LogP contribution in [0.3, 0.4) is 0 Å². The average Bonchev–Trinajstić information content (AvgIpc) is 2.58. The molecule has 2 rings (SSSR count). The second-order valence-corrected chi connectivity index (χ2v) is 6.48. The van der Waals surface area contributed by atoms with Crippen LogP contribution in [0.2, 0.25) is 10.0 Å². The molecule has 0 aromatic heterocycles. The fourth-order valence-electron chi connectivity index (χ4n) is 2.21. The van der Waals surface area contributed by atoms with Gasteiger partial charge < -0.3 is 10.6 Å². The van der Waals surface area contributed by atoms with Crippen LogP contribution in [-0.2, 0) is 4.79 Å². The minimum atomic E-state index is -0.499. The van der Waals surface area contributed by atoms with Crippen molar-refractivity contribution in [3.63, 3.8) is 0 Å². The molecule has 4 nitrogen and oxygen atoms in total. The zero-order valence-electron chi connectivity index (χ0n) is 13.8. The Labute approximate surface area is 157 Å². The van der Waals surface area contributed by atoms with E-state index in [1.807, 2.05) is 44.2 Å². The number of amides is 1. The normalized spacial score (nSPS) is 11.1. The van der Waals surface area contributed by atoms with Crippen LogP contribution in [0.1, 0.15) is 25.3 Å². The molecule has 0 radical (unpaired) electrons. The summed E-state index contributed by atoms with van der Waals surface area (Å²) in [5, 5.41) is 15.8. The fraction of sp³-hybridized carbons (Fsp3) is 0.158. The maximum atomic E-state index is 12.4. The van der Waals surface area contributed by atoms with Crippen molar-refractivity contribution in [2.45, 2.75) is 19.8 Å². The Morgan fingerprint density at radius 3 is 2.56 bits per heavy atom. The molecular weight excluding hydrogens is 357 g/mol. The van der Waals surface area contributed by atoms with Gasteiger partial charge in [-0.05, 0) is 35.7 Å². The molecule has 1 amide bonds. The third kappa shape index (κ3) is 4.99. The largest absolute Gasteiger partial charge is 0.359 e. The number of para-hydroxylation sites is 1. The molecule has 2 aromatic rings. The summed E-state index contributed by atoms with van der Waals surface area (Å²) in [5.74, 6) is -0.254. The Balaban J connectivity index is 2.19. The van der Waals surface area contributed by atoms with Crippen LogP contribution in [0, 0.1) is 11.3 Å². The predicted octanol–water partition coefficient (Wildman–Crippen LogP) is 5.57. The van der Waals surface area contributed by atoms with E-state index in [-0.39, 0.29) is 11.5 Å². The first kappa shape index (κ1) is 18.9. The van der Waals surface area contributed by atoms with E-state index in [4.69, 9.17) is 23.2 Å². The molecule has 0 saturated heterocycles. The second-order valence-electron chi connectivity index (χ2n) is 5.63. The van der Waals surface area contributed by atoms with Gasteiger partial charge in [-0.15, -0.1) is 0 Å².